The minimum absolute atomic E-state index is 0.376. The molecule has 4 heteroatoms. The zero-order valence-corrected chi connectivity index (χ0v) is 9.25. The van der Waals surface area contributed by atoms with Crippen molar-refractivity contribution in [2.24, 2.45) is 0 Å². The van der Waals surface area contributed by atoms with Crippen molar-refractivity contribution in [1.29, 1.82) is 0 Å². The van der Waals surface area contributed by atoms with E-state index in [1.165, 1.54) is 0 Å². The monoisotopic (exact) mass is 212 g/mol. The normalized spacial score (nSPS) is 10.4. The van der Waals surface area contributed by atoms with E-state index < -0.39 is 0 Å². The average molecular weight is 212 g/mol. The van der Waals surface area contributed by atoms with Gasteiger partial charge in [-0.05, 0) is 17.5 Å². The predicted molar refractivity (Wildman–Crippen MR) is 61.7 cm³/mol. The topological polar surface area (TPSA) is 35.1 Å². The van der Waals surface area contributed by atoms with Crippen molar-refractivity contribution in [3.05, 3.63) is 47.6 Å². The van der Waals surface area contributed by atoms with Gasteiger partial charge < -0.3 is 0 Å². The number of rotatable bonds is 2. The van der Waals surface area contributed by atoms with Gasteiger partial charge in [-0.15, -0.1) is 0 Å². The van der Waals surface area contributed by atoms with Gasteiger partial charge in [0, 0.05) is 0 Å². The first kappa shape index (κ1) is 10.4. The van der Waals surface area contributed by atoms with Gasteiger partial charge in [0.25, 0.3) is 0 Å². The maximum Gasteiger partial charge on any atom is 0.189 e. The van der Waals surface area contributed by atoms with Gasteiger partial charge in [-0.3, -0.25) is 0 Å². The lowest BCUT2D eigenvalue weighted by atomic mass is 10.0. The standard InChI is InChI=1S/C12H12N4/c1-9(2)11-5-4-10(13-3)8-12(11)16-14-6-7-15-16/h4-9H,1-2H3. The first-order valence-corrected chi connectivity index (χ1v) is 5.10. The molecular formula is C12H12N4. The number of hydrogen-bond donors (Lipinski definition) is 0. The Morgan fingerprint density at radius 2 is 1.94 bits per heavy atom. The number of hydrogen-bond acceptors (Lipinski definition) is 2. The van der Waals surface area contributed by atoms with Crippen LogP contribution in [0.15, 0.2) is 30.6 Å². The average Bonchev–Trinajstić information content (AvgIpc) is 2.81. The van der Waals surface area contributed by atoms with Gasteiger partial charge in [0.2, 0.25) is 0 Å². The maximum absolute atomic E-state index is 7.02. The van der Waals surface area contributed by atoms with Gasteiger partial charge in [-0.1, -0.05) is 26.0 Å². The van der Waals surface area contributed by atoms with Crippen LogP contribution in [0.5, 0.6) is 0 Å². The molecule has 0 spiro atoms. The lowest BCUT2D eigenvalue weighted by Crippen LogP contribution is -2.04. The number of nitrogens with zero attached hydrogens (tertiary/aromatic N) is 4. The molecule has 0 radical (unpaired) electrons. The fraction of sp³-hybridized carbons (Fsp3) is 0.250. The Hall–Kier alpha value is -2.15. The van der Waals surface area contributed by atoms with E-state index in [1.54, 1.807) is 17.2 Å². The maximum atomic E-state index is 7.02. The van der Waals surface area contributed by atoms with Gasteiger partial charge in [-0.25, -0.2) is 4.85 Å². The summed E-state index contributed by atoms with van der Waals surface area (Å²) in [5.41, 5.74) is 2.63. The van der Waals surface area contributed by atoms with Gasteiger partial charge >= 0.3 is 0 Å². The highest BCUT2D eigenvalue weighted by Crippen LogP contribution is 2.26. The summed E-state index contributed by atoms with van der Waals surface area (Å²) in [6.07, 6.45) is 3.27. The van der Waals surface area contributed by atoms with E-state index in [4.69, 9.17) is 6.57 Å². The van der Waals surface area contributed by atoms with E-state index in [0.717, 1.165) is 11.3 Å². The third-order valence-electron chi connectivity index (χ3n) is 2.40. The summed E-state index contributed by atoms with van der Waals surface area (Å²) >= 11 is 0. The predicted octanol–water partition coefficient (Wildman–Crippen LogP) is 2.94. The summed E-state index contributed by atoms with van der Waals surface area (Å²) in [5.74, 6) is 0.376. The first-order chi connectivity index (χ1) is 7.72. The molecule has 0 unspecified atom stereocenters. The molecule has 0 N–H and O–H groups in total. The Kier molecular flexibility index (Phi) is 2.69. The smallest absolute Gasteiger partial charge is 0.189 e. The van der Waals surface area contributed by atoms with E-state index in [1.807, 2.05) is 18.2 Å². The molecule has 1 heterocycles. The van der Waals surface area contributed by atoms with Gasteiger partial charge in [0.1, 0.15) is 0 Å². The molecule has 0 aliphatic rings. The highest BCUT2D eigenvalue weighted by Gasteiger charge is 2.10. The molecule has 0 fully saturated rings. The van der Waals surface area contributed by atoms with E-state index in [-0.39, 0.29) is 0 Å². The summed E-state index contributed by atoms with van der Waals surface area (Å²) in [4.78, 5) is 4.98. The summed E-state index contributed by atoms with van der Waals surface area (Å²) in [6, 6.07) is 5.62. The summed E-state index contributed by atoms with van der Waals surface area (Å²) in [7, 11) is 0. The molecule has 4 nitrogen and oxygen atoms in total. The van der Waals surface area contributed by atoms with E-state index in [0.29, 0.717) is 11.6 Å². The lowest BCUT2D eigenvalue weighted by molar-refractivity contribution is 0.727. The van der Waals surface area contributed by atoms with Crippen LogP contribution in [0, 0.1) is 6.57 Å². The highest BCUT2D eigenvalue weighted by molar-refractivity contribution is 5.56. The zero-order valence-electron chi connectivity index (χ0n) is 9.25. The molecule has 0 atom stereocenters. The van der Waals surface area contributed by atoms with Crippen molar-refractivity contribution in [2.75, 3.05) is 0 Å². The molecule has 0 saturated carbocycles. The largest absolute Gasteiger partial charge is 0.238 e. The zero-order chi connectivity index (χ0) is 11.5. The molecule has 0 saturated heterocycles. The molecule has 0 bridgehead atoms. The van der Waals surface area contributed by atoms with Gasteiger partial charge in [-0.2, -0.15) is 15.0 Å². The molecule has 0 aliphatic heterocycles. The van der Waals surface area contributed by atoms with Crippen molar-refractivity contribution >= 4 is 5.69 Å². The van der Waals surface area contributed by atoms with Gasteiger partial charge in [0.05, 0.1) is 24.7 Å². The third-order valence-corrected chi connectivity index (χ3v) is 2.40. The van der Waals surface area contributed by atoms with E-state index in [2.05, 4.69) is 28.9 Å². The molecule has 0 amide bonds. The lowest BCUT2D eigenvalue weighted by Gasteiger charge is -2.11. The van der Waals surface area contributed by atoms with E-state index >= 15 is 0 Å². The van der Waals surface area contributed by atoms with Crippen molar-refractivity contribution in [3.8, 4) is 5.69 Å². The summed E-state index contributed by atoms with van der Waals surface area (Å²) < 4.78 is 0. The molecule has 2 rings (SSSR count). The van der Waals surface area contributed by atoms with Crippen molar-refractivity contribution in [3.63, 3.8) is 0 Å². The van der Waals surface area contributed by atoms with Crippen molar-refractivity contribution < 1.29 is 0 Å². The fourth-order valence-electron chi connectivity index (χ4n) is 1.60. The quantitative estimate of drug-likeness (QED) is 0.717. The Bertz CT molecular complexity index is 520. The van der Waals surface area contributed by atoms with Crippen LogP contribution in [0.1, 0.15) is 25.3 Å². The summed E-state index contributed by atoms with van der Waals surface area (Å²) in [6.45, 7) is 11.2. The van der Waals surface area contributed by atoms with E-state index in [9.17, 15) is 0 Å². The second kappa shape index (κ2) is 4.15. The molecule has 2 aromatic rings. The van der Waals surface area contributed by atoms with Crippen molar-refractivity contribution in [1.82, 2.24) is 15.0 Å². The van der Waals surface area contributed by atoms with Crippen LogP contribution >= 0.6 is 0 Å². The Morgan fingerprint density at radius 3 is 2.50 bits per heavy atom. The van der Waals surface area contributed by atoms with Gasteiger partial charge in [0.15, 0.2) is 5.69 Å². The Labute approximate surface area is 94.3 Å². The summed E-state index contributed by atoms with van der Waals surface area (Å²) in [5, 5.41) is 8.22. The van der Waals surface area contributed by atoms with Crippen LogP contribution in [0.25, 0.3) is 10.5 Å². The second-order valence-electron chi connectivity index (χ2n) is 3.83. The number of benzene rings is 1. The molecule has 1 aromatic heterocycles. The Morgan fingerprint density at radius 1 is 1.25 bits per heavy atom. The minimum atomic E-state index is 0.376. The molecule has 16 heavy (non-hydrogen) atoms. The first-order valence-electron chi connectivity index (χ1n) is 5.10. The SMILES string of the molecule is [C-]#[N+]c1ccc(C(C)C)c(-n2nccn2)c1. The highest BCUT2D eigenvalue weighted by atomic mass is 15.5. The van der Waals surface area contributed by atoms with Crippen LogP contribution < -0.4 is 0 Å². The number of aromatic nitrogens is 3. The fourth-order valence-corrected chi connectivity index (χ4v) is 1.60. The van der Waals surface area contributed by atoms with Crippen LogP contribution in [0.4, 0.5) is 5.69 Å². The molecule has 80 valence electrons. The third kappa shape index (κ3) is 1.80. The molecular weight excluding hydrogens is 200 g/mol. The van der Waals surface area contributed by atoms with Crippen LogP contribution in [0.3, 0.4) is 0 Å². The Balaban J connectivity index is 2.61. The van der Waals surface area contributed by atoms with Crippen LogP contribution in [-0.4, -0.2) is 15.0 Å². The van der Waals surface area contributed by atoms with Crippen molar-refractivity contribution in [2.45, 2.75) is 19.8 Å². The molecule has 1 aromatic carbocycles. The minimum Gasteiger partial charge on any atom is -0.238 e. The second-order valence-corrected chi connectivity index (χ2v) is 3.83. The van der Waals surface area contributed by atoms with Crippen LogP contribution in [0.2, 0.25) is 0 Å². The van der Waals surface area contributed by atoms with Crippen LogP contribution in [-0.2, 0) is 0 Å². The molecule has 0 aliphatic carbocycles.